The van der Waals surface area contributed by atoms with E-state index in [4.69, 9.17) is 5.73 Å². The predicted molar refractivity (Wildman–Crippen MR) is 74.9 cm³/mol. The highest BCUT2D eigenvalue weighted by atomic mass is 32.2. The van der Waals surface area contributed by atoms with E-state index in [9.17, 15) is 8.42 Å². The molecule has 2 heterocycles. The fourth-order valence-electron chi connectivity index (χ4n) is 2.26. The second-order valence-corrected chi connectivity index (χ2v) is 6.63. The number of aromatic nitrogens is 1. The highest BCUT2D eigenvalue weighted by Crippen LogP contribution is 2.20. The molecule has 1 fully saturated rings. The minimum absolute atomic E-state index is 0.251. The molecule has 0 aromatic carbocycles. The maximum absolute atomic E-state index is 12.3. The summed E-state index contributed by atoms with van der Waals surface area (Å²) >= 11 is 0. The molecule has 0 radical (unpaired) electrons. The number of rotatable bonds is 4. The molecule has 19 heavy (non-hydrogen) atoms. The molecular formula is C12H20N4O2S. The van der Waals surface area contributed by atoms with Gasteiger partial charge >= 0.3 is 10.2 Å². The van der Waals surface area contributed by atoms with Gasteiger partial charge in [0, 0.05) is 19.3 Å². The average molecular weight is 284 g/mol. The molecule has 1 aliphatic heterocycles. The van der Waals surface area contributed by atoms with Crippen LogP contribution in [-0.4, -0.2) is 37.3 Å². The molecule has 2 rings (SSSR count). The number of hydrogen-bond acceptors (Lipinski definition) is 4. The van der Waals surface area contributed by atoms with Crippen molar-refractivity contribution < 1.29 is 8.42 Å². The van der Waals surface area contributed by atoms with E-state index in [0.29, 0.717) is 25.3 Å². The zero-order chi connectivity index (χ0) is 13.9. The summed E-state index contributed by atoms with van der Waals surface area (Å²) in [6.07, 6.45) is 5.04. The third kappa shape index (κ3) is 3.65. The molecule has 1 saturated heterocycles. The van der Waals surface area contributed by atoms with E-state index < -0.39 is 10.2 Å². The second kappa shape index (κ2) is 5.85. The zero-order valence-corrected chi connectivity index (χ0v) is 11.9. The van der Waals surface area contributed by atoms with Crippen LogP contribution in [0.4, 0.5) is 5.69 Å². The van der Waals surface area contributed by atoms with Crippen LogP contribution < -0.4 is 10.5 Å². The molecule has 7 heteroatoms. The predicted octanol–water partition coefficient (Wildman–Crippen LogP) is 0.717. The van der Waals surface area contributed by atoms with Gasteiger partial charge in [-0.1, -0.05) is 0 Å². The minimum Gasteiger partial charge on any atom is -0.330 e. The van der Waals surface area contributed by atoms with Crippen molar-refractivity contribution in [1.29, 1.82) is 0 Å². The van der Waals surface area contributed by atoms with E-state index in [2.05, 4.69) is 9.71 Å². The van der Waals surface area contributed by atoms with Crippen LogP contribution in [0.1, 0.15) is 18.4 Å². The van der Waals surface area contributed by atoms with E-state index >= 15 is 0 Å². The summed E-state index contributed by atoms with van der Waals surface area (Å²) in [5, 5.41) is 0. The van der Waals surface area contributed by atoms with Crippen LogP contribution in [0.2, 0.25) is 0 Å². The molecule has 1 aromatic heterocycles. The van der Waals surface area contributed by atoms with Gasteiger partial charge in [0.15, 0.2) is 0 Å². The topological polar surface area (TPSA) is 88.3 Å². The highest BCUT2D eigenvalue weighted by Gasteiger charge is 2.28. The van der Waals surface area contributed by atoms with Gasteiger partial charge in [-0.3, -0.25) is 9.71 Å². The first-order valence-corrected chi connectivity index (χ1v) is 7.85. The van der Waals surface area contributed by atoms with Crippen molar-refractivity contribution in [2.75, 3.05) is 24.4 Å². The van der Waals surface area contributed by atoms with E-state index in [-0.39, 0.29) is 5.92 Å². The maximum Gasteiger partial charge on any atom is 0.301 e. The molecule has 1 aliphatic rings. The molecular weight excluding hydrogens is 264 g/mol. The first-order valence-electron chi connectivity index (χ1n) is 6.41. The van der Waals surface area contributed by atoms with Crippen molar-refractivity contribution in [2.45, 2.75) is 19.8 Å². The van der Waals surface area contributed by atoms with Gasteiger partial charge in [0.25, 0.3) is 0 Å². The Labute approximate surface area is 114 Å². The number of nitrogens with one attached hydrogen (secondary N) is 1. The Morgan fingerprint density at radius 1 is 1.53 bits per heavy atom. The second-order valence-electron chi connectivity index (χ2n) is 4.96. The smallest absolute Gasteiger partial charge is 0.301 e. The molecule has 106 valence electrons. The van der Waals surface area contributed by atoms with E-state index in [1.54, 1.807) is 12.3 Å². The fourth-order valence-corrected chi connectivity index (χ4v) is 3.58. The molecule has 1 unspecified atom stereocenters. The number of nitrogens with zero attached hydrogens (tertiary/aromatic N) is 2. The molecule has 0 saturated carbocycles. The monoisotopic (exact) mass is 284 g/mol. The van der Waals surface area contributed by atoms with Crippen molar-refractivity contribution in [3.8, 4) is 0 Å². The van der Waals surface area contributed by atoms with E-state index in [1.165, 1.54) is 10.5 Å². The lowest BCUT2D eigenvalue weighted by molar-refractivity contribution is 0.273. The first-order chi connectivity index (χ1) is 9.01. The molecule has 0 amide bonds. The third-order valence-electron chi connectivity index (χ3n) is 3.28. The standard InChI is InChI=1S/C12H20N4O2S/c1-10-5-12(8-14-7-10)15-19(17,18)16-4-2-3-11(6-13)9-16/h5,7-8,11,15H,2-4,6,9,13H2,1H3. The molecule has 6 nitrogen and oxygen atoms in total. The Morgan fingerprint density at radius 2 is 2.32 bits per heavy atom. The summed E-state index contributed by atoms with van der Waals surface area (Å²) in [6.45, 7) is 3.43. The summed E-state index contributed by atoms with van der Waals surface area (Å²) in [4.78, 5) is 3.98. The Bertz CT molecular complexity index is 532. The molecule has 0 aliphatic carbocycles. The van der Waals surface area contributed by atoms with Gasteiger partial charge in [0.2, 0.25) is 0 Å². The summed E-state index contributed by atoms with van der Waals surface area (Å²) in [5.41, 5.74) is 7.04. The molecule has 3 N–H and O–H groups in total. The molecule has 1 atom stereocenters. The number of aryl methyl sites for hydroxylation is 1. The zero-order valence-electron chi connectivity index (χ0n) is 11.0. The van der Waals surface area contributed by atoms with Crippen LogP contribution in [0.15, 0.2) is 18.5 Å². The lowest BCUT2D eigenvalue weighted by Crippen LogP contribution is -2.44. The van der Waals surface area contributed by atoms with Gasteiger partial charge in [-0.2, -0.15) is 12.7 Å². The third-order valence-corrected chi connectivity index (χ3v) is 4.78. The van der Waals surface area contributed by atoms with Crippen LogP contribution >= 0.6 is 0 Å². The normalized spacial score (nSPS) is 21.3. The largest absolute Gasteiger partial charge is 0.330 e. The SMILES string of the molecule is Cc1cncc(NS(=O)(=O)N2CCCC(CN)C2)c1. The summed E-state index contributed by atoms with van der Waals surface area (Å²) < 4.78 is 28.6. The minimum atomic E-state index is -3.51. The Hall–Kier alpha value is -1.18. The van der Waals surface area contributed by atoms with Gasteiger partial charge in [-0.05, 0) is 43.9 Å². The highest BCUT2D eigenvalue weighted by molar-refractivity contribution is 7.90. The quantitative estimate of drug-likeness (QED) is 0.852. The first kappa shape index (κ1) is 14.2. The van der Waals surface area contributed by atoms with Crippen LogP contribution in [0, 0.1) is 12.8 Å². The number of piperidine rings is 1. The van der Waals surface area contributed by atoms with Crippen molar-refractivity contribution in [1.82, 2.24) is 9.29 Å². The Kier molecular flexibility index (Phi) is 4.38. The van der Waals surface area contributed by atoms with Crippen LogP contribution in [0.5, 0.6) is 0 Å². The van der Waals surface area contributed by atoms with Crippen LogP contribution in [0.3, 0.4) is 0 Å². The van der Waals surface area contributed by atoms with Gasteiger partial charge in [-0.15, -0.1) is 0 Å². The van der Waals surface area contributed by atoms with Crippen molar-refractivity contribution in [2.24, 2.45) is 11.7 Å². The molecule has 1 aromatic rings. The number of nitrogens with two attached hydrogens (primary N) is 1. The van der Waals surface area contributed by atoms with Gasteiger partial charge in [0.05, 0.1) is 11.9 Å². The number of anilines is 1. The molecule has 0 spiro atoms. The van der Waals surface area contributed by atoms with Crippen molar-refractivity contribution in [3.05, 3.63) is 24.0 Å². The summed E-state index contributed by atoms with van der Waals surface area (Å²) in [6, 6.07) is 1.76. The Morgan fingerprint density at radius 3 is 3.00 bits per heavy atom. The summed E-state index contributed by atoms with van der Waals surface area (Å²) in [7, 11) is -3.51. The number of pyridine rings is 1. The van der Waals surface area contributed by atoms with Crippen LogP contribution in [0.25, 0.3) is 0 Å². The van der Waals surface area contributed by atoms with Gasteiger partial charge in [0.1, 0.15) is 0 Å². The lowest BCUT2D eigenvalue weighted by Gasteiger charge is -2.31. The fraction of sp³-hybridized carbons (Fsp3) is 0.583. The maximum atomic E-state index is 12.3. The van der Waals surface area contributed by atoms with E-state index in [0.717, 1.165) is 18.4 Å². The summed E-state index contributed by atoms with van der Waals surface area (Å²) in [5.74, 6) is 0.251. The molecule has 0 bridgehead atoms. The number of hydrogen-bond donors (Lipinski definition) is 2. The van der Waals surface area contributed by atoms with E-state index in [1.807, 2.05) is 6.92 Å². The Balaban J connectivity index is 2.09. The van der Waals surface area contributed by atoms with Crippen molar-refractivity contribution in [3.63, 3.8) is 0 Å². The average Bonchev–Trinajstić information content (AvgIpc) is 2.38. The van der Waals surface area contributed by atoms with Crippen molar-refractivity contribution >= 4 is 15.9 Å². The van der Waals surface area contributed by atoms with Gasteiger partial charge in [-0.25, -0.2) is 0 Å². The lowest BCUT2D eigenvalue weighted by atomic mass is 10.0. The van der Waals surface area contributed by atoms with Gasteiger partial charge < -0.3 is 5.73 Å². The van der Waals surface area contributed by atoms with Crippen LogP contribution in [-0.2, 0) is 10.2 Å².